The lowest BCUT2D eigenvalue weighted by Crippen LogP contribution is -2.27. The molecule has 112 valence electrons. The normalized spacial score (nSPS) is 14.3. The van der Waals surface area contributed by atoms with Crippen molar-refractivity contribution in [2.45, 2.75) is 38.9 Å². The van der Waals surface area contributed by atoms with E-state index in [1.165, 1.54) is 18.5 Å². The summed E-state index contributed by atoms with van der Waals surface area (Å²) < 4.78 is 1.94. The van der Waals surface area contributed by atoms with E-state index in [9.17, 15) is 0 Å². The highest BCUT2D eigenvalue weighted by atomic mass is 15.4. The molecule has 1 aromatic heterocycles. The van der Waals surface area contributed by atoms with Crippen molar-refractivity contribution >= 4 is 5.69 Å². The van der Waals surface area contributed by atoms with Crippen LogP contribution in [0, 0.1) is 0 Å². The lowest BCUT2D eigenvalue weighted by atomic mass is 10.3. The van der Waals surface area contributed by atoms with E-state index in [4.69, 9.17) is 0 Å². The first kappa shape index (κ1) is 14.1. The second kappa shape index (κ2) is 6.72. The first-order valence-corrected chi connectivity index (χ1v) is 7.77. The van der Waals surface area contributed by atoms with Gasteiger partial charge in [0, 0.05) is 37.6 Å². The summed E-state index contributed by atoms with van der Waals surface area (Å²) in [5, 5.41) is 11.9. The van der Waals surface area contributed by atoms with Gasteiger partial charge in [0.05, 0.1) is 12.2 Å². The molecule has 0 unspecified atom stereocenters. The quantitative estimate of drug-likeness (QED) is 0.806. The number of nitrogens with zero attached hydrogens (tertiary/aromatic N) is 4. The summed E-state index contributed by atoms with van der Waals surface area (Å²) in [6, 6.07) is 11.2. The van der Waals surface area contributed by atoms with Gasteiger partial charge in [-0.25, -0.2) is 0 Å². The molecule has 21 heavy (non-hydrogen) atoms. The Morgan fingerprint density at radius 2 is 2.10 bits per heavy atom. The van der Waals surface area contributed by atoms with Crippen LogP contribution in [-0.4, -0.2) is 34.1 Å². The molecule has 1 N–H and O–H groups in total. The largest absolute Gasteiger partial charge is 0.370 e. The number of nitrogens with one attached hydrogen (secondary N) is 1. The van der Waals surface area contributed by atoms with Crippen molar-refractivity contribution in [1.29, 1.82) is 0 Å². The zero-order chi connectivity index (χ0) is 14.5. The van der Waals surface area contributed by atoms with E-state index in [-0.39, 0.29) is 0 Å². The van der Waals surface area contributed by atoms with Gasteiger partial charge in [-0.05, 0) is 31.9 Å². The minimum atomic E-state index is 0.712. The number of hydrogen-bond donors (Lipinski definition) is 1. The van der Waals surface area contributed by atoms with Crippen LogP contribution in [0.15, 0.2) is 36.5 Å². The van der Waals surface area contributed by atoms with Crippen LogP contribution in [0.25, 0.3) is 0 Å². The van der Waals surface area contributed by atoms with E-state index in [0.29, 0.717) is 6.04 Å². The maximum atomic E-state index is 4.22. The van der Waals surface area contributed by atoms with Crippen molar-refractivity contribution in [3.63, 3.8) is 0 Å². The van der Waals surface area contributed by atoms with E-state index in [1.54, 1.807) is 0 Å². The molecule has 0 bridgehead atoms. The van der Waals surface area contributed by atoms with Crippen LogP contribution in [0.2, 0.25) is 0 Å². The van der Waals surface area contributed by atoms with Gasteiger partial charge in [-0.3, -0.25) is 4.68 Å². The predicted octanol–water partition coefficient (Wildman–Crippen LogP) is 2.06. The lowest BCUT2D eigenvalue weighted by molar-refractivity contribution is 0.578. The third-order valence-electron chi connectivity index (χ3n) is 3.84. The van der Waals surface area contributed by atoms with Gasteiger partial charge in [0.15, 0.2) is 0 Å². The Morgan fingerprint density at radius 1 is 1.29 bits per heavy atom. The molecule has 1 fully saturated rings. The maximum Gasteiger partial charge on any atom is 0.0964 e. The summed E-state index contributed by atoms with van der Waals surface area (Å²) in [5.41, 5.74) is 2.29. The number of anilines is 1. The van der Waals surface area contributed by atoms with Crippen LogP contribution in [0.1, 0.15) is 25.5 Å². The molecule has 0 aliphatic heterocycles. The standard InChI is InChI=1S/C16H23N5/c1-2-20(16-6-4-3-5-7-16)10-11-21-13-15(18-19-21)12-17-14-8-9-14/h3-7,13-14,17H,2,8-12H2,1H3. The Balaban J connectivity index is 1.51. The topological polar surface area (TPSA) is 46.0 Å². The molecular weight excluding hydrogens is 262 g/mol. The molecule has 5 heteroatoms. The number of likely N-dealkylation sites (N-methyl/N-ethyl adjacent to an activating group) is 1. The van der Waals surface area contributed by atoms with Crippen LogP contribution in [0.4, 0.5) is 5.69 Å². The molecule has 0 spiro atoms. The highest BCUT2D eigenvalue weighted by Crippen LogP contribution is 2.18. The fraction of sp³-hybridized carbons (Fsp3) is 0.500. The van der Waals surface area contributed by atoms with Gasteiger partial charge in [-0.15, -0.1) is 5.10 Å². The summed E-state index contributed by atoms with van der Waals surface area (Å²) in [5.74, 6) is 0. The molecule has 5 nitrogen and oxygen atoms in total. The monoisotopic (exact) mass is 285 g/mol. The molecule has 1 aromatic carbocycles. The second-order valence-electron chi connectivity index (χ2n) is 5.54. The van der Waals surface area contributed by atoms with Crippen LogP contribution < -0.4 is 10.2 Å². The SMILES string of the molecule is CCN(CCn1cc(CNC2CC2)nn1)c1ccccc1. The molecule has 1 aliphatic carbocycles. The lowest BCUT2D eigenvalue weighted by Gasteiger charge is -2.22. The Hall–Kier alpha value is -1.88. The molecule has 0 saturated heterocycles. The van der Waals surface area contributed by atoms with Crippen LogP contribution in [-0.2, 0) is 13.1 Å². The zero-order valence-corrected chi connectivity index (χ0v) is 12.6. The van der Waals surface area contributed by atoms with Crippen LogP contribution in [0.3, 0.4) is 0 Å². The number of hydrogen-bond acceptors (Lipinski definition) is 4. The first-order valence-electron chi connectivity index (χ1n) is 7.77. The van der Waals surface area contributed by atoms with Crippen molar-refractivity contribution in [2.75, 3.05) is 18.0 Å². The molecule has 0 radical (unpaired) electrons. The number of para-hydroxylation sites is 1. The minimum absolute atomic E-state index is 0.712. The number of rotatable bonds is 8. The van der Waals surface area contributed by atoms with E-state index in [0.717, 1.165) is 31.9 Å². The van der Waals surface area contributed by atoms with Gasteiger partial charge in [0.1, 0.15) is 0 Å². The number of benzene rings is 1. The summed E-state index contributed by atoms with van der Waals surface area (Å²) in [4.78, 5) is 2.35. The Kier molecular flexibility index (Phi) is 4.50. The van der Waals surface area contributed by atoms with Gasteiger partial charge >= 0.3 is 0 Å². The molecule has 1 aliphatic rings. The summed E-state index contributed by atoms with van der Waals surface area (Å²) >= 11 is 0. The fourth-order valence-electron chi connectivity index (χ4n) is 2.40. The van der Waals surface area contributed by atoms with E-state index in [1.807, 2.05) is 16.9 Å². The summed E-state index contributed by atoms with van der Waals surface area (Å²) in [7, 11) is 0. The smallest absolute Gasteiger partial charge is 0.0964 e. The Labute approximate surface area is 126 Å². The molecule has 1 heterocycles. The van der Waals surface area contributed by atoms with Crippen molar-refractivity contribution in [3.8, 4) is 0 Å². The van der Waals surface area contributed by atoms with Gasteiger partial charge in [-0.1, -0.05) is 23.4 Å². The average molecular weight is 285 g/mol. The van der Waals surface area contributed by atoms with Crippen LogP contribution >= 0.6 is 0 Å². The van der Waals surface area contributed by atoms with E-state index >= 15 is 0 Å². The molecule has 3 rings (SSSR count). The molecule has 0 amide bonds. The molecule has 0 atom stereocenters. The van der Waals surface area contributed by atoms with Crippen molar-refractivity contribution < 1.29 is 0 Å². The van der Waals surface area contributed by atoms with Crippen molar-refractivity contribution in [3.05, 3.63) is 42.2 Å². The van der Waals surface area contributed by atoms with Gasteiger partial charge in [0.25, 0.3) is 0 Å². The summed E-state index contributed by atoms with van der Waals surface area (Å²) in [6.07, 6.45) is 4.65. The third-order valence-corrected chi connectivity index (χ3v) is 3.84. The van der Waals surface area contributed by atoms with Gasteiger partial charge in [0.2, 0.25) is 0 Å². The summed E-state index contributed by atoms with van der Waals surface area (Å²) in [6.45, 7) is 5.81. The van der Waals surface area contributed by atoms with E-state index < -0.39 is 0 Å². The highest BCUT2D eigenvalue weighted by Gasteiger charge is 2.20. The first-order chi connectivity index (χ1) is 10.3. The average Bonchev–Trinajstić information content (AvgIpc) is 3.25. The molecular formula is C16H23N5. The van der Waals surface area contributed by atoms with E-state index in [2.05, 4.69) is 51.7 Å². The minimum Gasteiger partial charge on any atom is -0.370 e. The molecule has 2 aromatic rings. The third kappa shape index (κ3) is 4.04. The second-order valence-corrected chi connectivity index (χ2v) is 5.54. The highest BCUT2D eigenvalue weighted by molar-refractivity contribution is 5.45. The Morgan fingerprint density at radius 3 is 2.81 bits per heavy atom. The molecule has 1 saturated carbocycles. The van der Waals surface area contributed by atoms with Crippen molar-refractivity contribution in [1.82, 2.24) is 20.3 Å². The zero-order valence-electron chi connectivity index (χ0n) is 12.6. The Bertz CT molecular complexity index is 547. The van der Waals surface area contributed by atoms with Crippen molar-refractivity contribution in [2.24, 2.45) is 0 Å². The number of aromatic nitrogens is 3. The predicted molar refractivity (Wildman–Crippen MR) is 84.2 cm³/mol. The fourth-order valence-corrected chi connectivity index (χ4v) is 2.40. The maximum absolute atomic E-state index is 4.22. The van der Waals surface area contributed by atoms with Gasteiger partial charge in [-0.2, -0.15) is 0 Å². The van der Waals surface area contributed by atoms with Crippen LogP contribution in [0.5, 0.6) is 0 Å². The van der Waals surface area contributed by atoms with Gasteiger partial charge < -0.3 is 10.2 Å².